The highest BCUT2D eigenvalue weighted by atomic mass is 32.1. The van der Waals surface area contributed by atoms with E-state index >= 15 is 0 Å². The van der Waals surface area contributed by atoms with Crippen LogP contribution in [-0.4, -0.2) is 16.9 Å². The maximum atomic E-state index is 13.2. The zero-order chi connectivity index (χ0) is 21.8. The number of hydrogen-bond donors (Lipinski definition) is 1. The van der Waals surface area contributed by atoms with Gasteiger partial charge < -0.3 is 4.74 Å². The van der Waals surface area contributed by atoms with Crippen LogP contribution in [0.15, 0.2) is 96.6 Å². The normalized spacial score (nSPS) is 16.2. The van der Waals surface area contributed by atoms with Crippen LogP contribution < -0.4 is 15.0 Å². The first-order valence-electron chi connectivity index (χ1n) is 9.82. The van der Waals surface area contributed by atoms with E-state index in [0.717, 1.165) is 5.56 Å². The Hall–Kier alpha value is -3.77. The Bertz CT molecular complexity index is 1140. The molecule has 3 aromatic carbocycles. The Balaban J connectivity index is 1.57. The number of amides is 2. The lowest BCUT2D eigenvalue weighted by atomic mass is 9.97. The molecule has 1 aliphatic rings. The van der Waals surface area contributed by atoms with Crippen molar-refractivity contribution < 1.29 is 14.3 Å². The average Bonchev–Trinajstić information content (AvgIpc) is 2.79. The summed E-state index contributed by atoms with van der Waals surface area (Å²) in [5, 5.41) is 2.67. The maximum absolute atomic E-state index is 13.2. The largest absolute Gasteiger partial charge is 0.457 e. The molecule has 1 heterocycles. The van der Waals surface area contributed by atoms with Gasteiger partial charge in [-0.25, -0.2) is 0 Å². The van der Waals surface area contributed by atoms with Gasteiger partial charge in [0.2, 0.25) is 0 Å². The van der Waals surface area contributed by atoms with Crippen LogP contribution in [0.4, 0.5) is 5.69 Å². The average molecular weight is 429 g/mol. The van der Waals surface area contributed by atoms with E-state index in [1.54, 1.807) is 30.3 Å². The summed E-state index contributed by atoms with van der Waals surface area (Å²) < 4.78 is 5.80. The molecule has 6 heteroatoms. The van der Waals surface area contributed by atoms with Gasteiger partial charge in [0.1, 0.15) is 17.1 Å². The molecule has 0 saturated carbocycles. The third-order valence-electron chi connectivity index (χ3n) is 4.92. The summed E-state index contributed by atoms with van der Waals surface area (Å²) in [5.41, 5.74) is 1.63. The molecule has 5 nitrogen and oxygen atoms in total. The molecule has 0 aromatic heterocycles. The van der Waals surface area contributed by atoms with Gasteiger partial charge in [0.25, 0.3) is 11.8 Å². The topological polar surface area (TPSA) is 58.6 Å². The van der Waals surface area contributed by atoms with Crippen molar-refractivity contribution in [1.29, 1.82) is 0 Å². The SMILES string of the molecule is CC(/C=C1\C(=O)NC(=S)N(c2ccc(Oc3ccccc3)cc2)C1=O)c1ccccc1. The maximum Gasteiger partial charge on any atom is 0.269 e. The number of rotatable bonds is 5. The second-order valence-electron chi connectivity index (χ2n) is 7.09. The Morgan fingerprint density at radius 1 is 0.871 bits per heavy atom. The third kappa shape index (κ3) is 4.54. The summed E-state index contributed by atoms with van der Waals surface area (Å²) in [4.78, 5) is 27.0. The number of allylic oxidation sites excluding steroid dienone is 1. The van der Waals surface area contributed by atoms with E-state index < -0.39 is 11.8 Å². The first-order chi connectivity index (χ1) is 15.0. The van der Waals surface area contributed by atoms with Crippen LogP contribution in [0.3, 0.4) is 0 Å². The van der Waals surface area contributed by atoms with E-state index in [1.807, 2.05) is 67.6 Å². The minimum absolute atomic E-state index is 0.0521. The first kappa shape index (κ1) is 20.5. The van der Waals surface area contributed by atoms with E-state index in [0.29, 0.717) is 17.2 Å². The molecule has 4 rings (SSSR count). The highest BCUT2D eigenvalue weighted by Gasteiger charge is 2.34. The Labute approximate surface area is 186 Å². The minimum atomic E-state index is -0.488. The summed E-state index contributed by atoms with van der Waals surface area (Å²) in [6.45, 7) is 1.94. The third-order valence-corrected chi connectivity index (χ3v) is 5.20. The zero-order valence-corrected chi connectivity index (χ0v) is 17.6. The van der Waals surface area contributed by atoms with Crippen LogP contribution in [0.25, 0.3) is 0 Å². The van der Waals surface area contributed by atoms with Crippen molar-refractivity contribution in [1.82, 2.24) is 5.32 Å². The van der Waals surface area contributed by atoms with Gasteiger partial charge in [-0.2, -0.15) is 0 Å². The summed E-state index contributed by atoms with van der Waals surface area (Å²) >= 11 is 5.28. The Morgan fingerprint density at radius 2 is 1.45 bits per heavy atom. The van der Waals surface area contributed by atoms with Crippen molar-refractivity contribution in [3.8, 4) is 11.5 Å². The number of ether oxygens (including phenoxy) is 1. The molecular formula is C25H20N2O3S. The highest BCUT2D eigenvalue weighted by molar-refractivity contribution is 7.80. The number of carbonyl (C=O) groups is 2. The van der Waals surface area contributed by atoms with Crippen molar-refractivity contribution >= 4 is 34.8 Å². The molecule has 1 N–H and O–H groups in total. The molecule has 1 aliphatic heterocycles. The van der Waals surface area contributed by atoms with Crippen molar-refractivity contribution in [2.24, 2.45) is 0 Å². The molecule has 0 aliphatic carbocycles. The predicted molar refractivity (Wildman–Crippen MR) is 124 cm³/mol. The number of benzene rings is 3. The molecule has 31 heavy (non-hydrogen) atoms. The number of nitrogens with one attached hydrogen (secondary N) is 1. The van der Waals surface area contributed by atoms with Crippen LogP contribution in [-0.2, 0) is 9.59 Å². The van der Waals surface area contributed by atoms with Gasteiger partial charge in [-0.15, -0.1) is 0 Å². The van der Waals surface area contributed by atoms with E-state index in [4.69, 9.17) is 17.0 Å². The lowest BCUT2D eigenvalue weighted by molar-refractivity contribution is -0.122. The van der Waals surface area contributed by atoms with Crippen molar-refractivity contribution in [3.63, 3.8) is 0 Å². The lowest BCUT2D eigenvalue weighted by Crippen LogP contribution is -2.54. The first-order valence-corrected chi connectivity index (χ1v) is 10.2. The summed E-state index contributed by atoms with van der Waals surface area (Å²) in [7, 11) is 0. The van der Waals surface area contributed by atoms with Gasteiger partial charge in [-0.3, -0.25) is 19.8 Å². The summed E-state index contributed by atoms with van der Waals surface area (Å²) in [6, 6.07) is 26.1. The van der Waals surface area contributed by atoms with Gasteiger partial charge in [-0.05, 0) is 54.2 Å². The van der Waals surface area contributed by atoms with E-state index in [2.05, 4.69) is 5.32 Å². The van der Waals surface area contributed by atoms with Crippen LogP contribution in [0.2, 0.25) is 0 Å². The van der Waals surface area contributed by atoms with Crippen LogP contribution in [0.1, 0.15) is 18.4 Å². The number of nitrogens with zero attached hydrogens (tertiary/aromatic N) is 1. The van der Waals surface area contributed by atoms with E-state index in [1.165, 1.54) is 4.90 Å². The fourth-order valence-electron chi connectivity index (χ4n) is 3.30. The molecule has 3 aromatic rings. The molecule has 1 saturated heterocycles. The number of anilines is 1. The molecular weight excluding hydrogens is 408 g/mol. The smallest absolute Gasteiger partial charge is 0.269 e. The molecule has 0 bridgehead atoms. The number of hydrogen-bond acceptors (Lipinski definition) is 4. The van der Waals surface area contributed by atoms with Crippen molar-refractivity contribution in [2.45, 2.75) is 12.8 Å². The molecule has 2 amide bonds. The van der Waals surface area contributed by atoms with E-state index in [-0.39, 0.29) is 16.6 Å². The van der Waals surface area contributed by atoms with Crippen molar-refractivity contribution in [3.05, 3.63) is 102 Å². The summed E-state index contributed by atoms with van der Waals surface area (Å²) in [6.07, 6.45) is 1.68. The molecule has 0 spiro atoms. The Kier molecular flexibility index (Phi) is 5.91. The molecule has 1 atom stereocenters. The highest BCUT2D eigenvalue weighted by Crippen LogP contribution is 2.27. The van der Waals surface area contributed by atoms with Crippen LogP contribution >= 0.6 is 12.2 Å². The van der Waals surface area contributed by atoms with Gasteiger partial charge in [-0.1, -0.05) is 61.5 Å². The van der Waals surface area contributed by atoms with E-state index in [9.17, 15) is 9.59 Å². The van der Waals surface area contributed by atoms with Crippen LogP contribution in [0, 0.1) is 0 Å². The van der Waals surface area contributed by atoms with Gasteiger partial charge in [0.15, 0.2) is 5.11 Å². The Morgan fingerprint density at radius 3 is 2.10 bits per heavy atom. The van der Waals surface area contributed by atoms with Gasteiger partial charge in [0.05, 0.1) is 5.69 Å². The fraction of sp³-hybridized carbons (Fsp3) is 0.0800. The van der Waals surface area contributed by atoms with Gasteiger partial charge in [0, 0.05) is 5.92 Å². The molecule has 0 radical (unpaired) electrons. The number of carbonyl (C=O) groups excluding carboxylic acids is 2. The predicted octanol–water partition coefficient (Wildman–Crippen LogP) is 4.96. The molecule has 1 fully saturated rings. The van der Waals surface area contributed by atoms with Gasteiger partial charge >= 0.3 is 0 Å². The van der Waals surface area contributed by atoms with Crippen molar-refractivity contribution in [2.75, 3.05) is 4.90 Å². The second-order valence-corrected chi connectivity index (χ2v) is 7.48. The van der Waals surface area contributed by atoms with Crippen LogP contribution in [0.5, 0.6) is 11.5 Å². The summed E-state index contributed by atoms with van der Waals surface area (Å²) in [5.74, 6) is 0.294. The minimum Gasteiger partial charge on any atom is -0.457 e. The second kappa shape index (κ2) is 8.93. The number of thiocarbonyl (C=S) groups is 1. The number of para-hydroxylation sites is 1. The standard InChI is InChI=1S/C25H20N2O3S/c1-17(18-8-4-2-5-9-18)16-22-23(28)26-25(31)27(24(22)29)19-12-14-21(15-13-19)30-20-10-6-3-7-11-20/h2-17H,1H3,(H,26,28,31)/b22-16+. The lowest BCUT2D eigenvalue weighted by Gasteiger charge is -2.29. The molecule has 154 valence electrons. The fourth-order valence-corrected chi connectivity index (χ4v) is 3.58. The molecule has 1 unspecified atom stereocenters. The monoisotopic (exact) mass is 428 g/mol. The quantitative estimate of drug-likeness (QED) is 0.355. The zero-order valence-electron chi connectivity index (χ0n) is 16.8.